The third kappa shape index (κ3) is 5.78. The van der Waals surface area contributed by atoms with Crippen LogP contribution in [0.3, 0.4) is 0 Å². The first-order valence-corrected chi connectivity index (χ1v) is 12.1. The van der Waals surface area contributed by atoms with Crippen LogP contribution in [0, 0.1) is 0 Å². The fraction of sp³-hybridized carbons (Fsp3) is 0.667. The second kappa shape index (κ2) is 9.37. The Kier molecular flexibility index (Phi) is 7.12. The maximum absolute atomic E-state index is 13.1. The molecule has 3 rings (SSSR count). The van der Waals surface area contributed by atoms with E-state index in [1.54, 1.807) is 4.90 Å². The van der Waals surface area contributed by atoms with E-state index in [9.17, 15) is 13.2 Å². The fourth-order valence-corrected chi connectivity index (χ4v) is 5.78. The van der Waals surface area contributed by atoms with Crippen LogP contribution in [0.15, 0.2) is 24.3 Å². The summed E-state index contributed by atoms with van der Waals surface area (Å²) in [7, 11) is -1.11. The summed E-state index contributed by atoms with van der Waals surface area (Å²) in [5.41, 5.74) is 2.47. The number of carbonyl (C=O) groups is 1. The zero-order valence-corrected chi connectivity index (χ0v) is 17.8. The third-order valence-electron chi connectivity index (χ3n) is 5.68. The summed E-state index contributed by atoms with van der Waals surface area (Å²) < 4.78 is 29.6. The molecule has 2 aliphatic rings. The van der Waals surface area contributed by atoms with E-state index in [2.05, 4.69) is 31.2 Å². The van der Waals surface area contributed by atoms with Crippen LogP contribution in [0.5, 0.6) is 0 Å². The minimum absolute atomic E-state index is 0.00900. The standard InChI is InChI=1S/C21H32N2O4S/c1-3-17-6-8-18(9-7-17)13-22(2)15-21(24)23(14-20-5-4-11-27-20)19-10-12-28(25,26)16-19/h6-9,19-20H,3-5,10-16H2,1-2H3. The lowest BCUT2D eigenvalue weighted by molar-refractivity contribution is -0.135. The highest BCUT2D eigenvalue weighted by molar-refractivity contribution is 7.91. The molecule has 1 aromatic carbocycles. The van der Waals surface area contributed by atoms with E-state index < -0.39 is 9.84 Å². The molecule has 0 radical (unpaired) electrons. The summed E-state index contributed by atoms with van der Waals surface area (Å²) in [4.78, 5) is 16.8. The van der Waals surface area contributed by atoms with Gasteiger partial charge in [-0.25, -0.2) is 8.42 Å². The van der Waals surface area contributed by atoms with Gasteiger partial charge < -0.3 is 9.64 Å². The zero-order valence-electron chi connectivity index (χ0n) is 17.0. The molecule has 6 nitrogen and oxygen atoms in total. The van der Waals surface area contributed by atoms with E-state index in [4.69, 9.17) is 4.74 Å². The molecule has 0 N–H and O–H groups in total. The van der Waals surface area contributed by atoms with Gasteiger partial charge in [-0.1, -0.05) is 31.2 Å². The van der Waals surface area contributed by atoms with Gasteiger partial charge in [0.1, 0.15) is 0 Å². The van der Waals surface area contributed by atoms with Gasteiger partial charge in [0.05, 0.1) is 24.2 Å². The Bertz CT molecular complexity index is 757. The predicted molar refractivity (Wildman–Crippen MR) is 110 cm³/mol. The van der Waals surface area contributed by atoms with Crippen molar-refractivity contribution in [3.8, 4) is 0 Å². The largest absolute Gasteiger partial charge is 0.376 e. The molecule has 1 amide bonds. The van der Waals surface area contributed by atoms with E-state index in [0.29, 0.717) is 19.5 Å². The third-order valence-corrected chi connectivity index (χ3v) is 7.43. The average Bonchev–Trinajstić information content (AvgIpc) is 3.29. The molecular formula is C21H32N2O4S. The van der Waals surface area contributed by atoms with Gasteiger partial charge in [-0.15, -0.1) is 0 Å². The minimum atomic E-state index is -3.04. The number of likely N-dealkylation sites (N-methyl/N-ethyl adjacent to an activating group) is 1. The van der Waals surface area contributed by atoms with Gasteiger partial charge >= 0.3 is 0 Å². The molecule has 1 aromatic rings. The maximum Gasteiger partial charge on any atom is 0.237 e. The van der Waals surface area contributed by atoms with Crippen LogP contribution < -0.4 is 0 Å². The molecule has 2 heterocycles. The van der Waals surface area contributed by atoms with Crippen molar-refractivity contribution in [2.75, 3.05) is 38.2 Å². The number of benzene rings is 1. The van der Waals surface area contributed by atoms with Gasteiger partial charge in [-0.3, -0.25) is 9.69 Å². The quantitative estimate of drug-likeness (QED) is 0.657. The molecule has 0 aromatic heterocycles. The maximum atomic E-state index is 13.1. The number of amides is 1. The highest BCUT2D eigenvalue weighted by atomic mass is 32.2. The molecule has 2 aliphatic heterocycles. The van der Waals surface area contributed by atoms with E-state index in [1.807, 2.05) is 11.9 Å². The molecule has 2 unspecified atom stereocenters. The van der Waals surface area contributed by atoms with Crippen molar-refractivity contribution >= 4 is 15.7 Å². The van der Waals surface area contributed by atoms with Crippen LogP contribution in [0.1, 0.15) is 37.3 Å². The normalized spacial score (nSPS) is 24.0. The number of sulfone groups is 1. The minimum Gasteiger partial charge on any atom is -0.376 e. The first-order chi connectivity index (χ1) is 13.4. The predicted octanol–water partition coefficient (Wildman–Crippen LogP) is 1.88. The highest BCUT2D eigenvalue weighted by Crippen LogP contribution is 2.22. The molecule has 0 saturated carbocycles. The Balaban J connectivity index is 1.62. The topological polar surface area (TPSA) is 66.9 Å². The Morgan fingerprint density at radius 3 is 2.46 bits per heavy atom. The molecule has 156 valence electrons. The van der Waals surface area contributed by atoms with Gasteiger partial charge in [0, 0.05) is 25.7 Å². The van der Waals surface area contributed by atoms with Crippen molar-refractivity contribution in [2.24, 2.45) is 0 Å². The number of carbonyl (C=O) groups excluding carboxylic acids is 1. The number of hydrogen-bond donors (Lipinski definition) is 0. The molecule has 0 spiro atoms. The SMILES string of the molecule is CCc1ccc(CN(C)CC(=O)N(CC2CCCO2)C2CCS(=O)(=O)C2)cc1. The highest BCUT2D eigenvalue weighted by Gasteiger charge is 2.36. The lowest BCUT2D eigenvalue weighted by Crippen LogP contribution is -2.48. The summed E-state index contributed by atoms with van der Waals surface area (Å²) in [5, 5.41) is 0. The van der Waals surface area contributed by atoms with E-state index in [0.717, 1.165) is 25.9 Å². The first kappa shape index (κ1) is 21.3. The van der Waals surface area contributed by atoms with Crippen LogP contribution >= 0.6 is 0 Å². The fourth-order valence-electron chi connectivity index (χ4n) is 4.05. The molecular weight excluding hydrogens is 376 g/mol. The summed E-state index contributed by atoms with van der Waals surface area (Å²) in [6.07, 6.45) is 3.51. The van der Waals surface area contributed by atoms with Gasteiger partial charge in [-0.2, -0.15) is 0 Å². The number of rotatable bonds is 8. The Hall–Kier alpha value is -1.44. The summed E-state index contributed by atoms with van der Waals surface area (Å²) in [6.45, 7) is 4.32. The van der Waals surface area contributed by atoms with Gasteiger partial charge in [0.15, 0.2) is 9.84 Å². The van der Waals surface area contributed by atoms with E-state index in [-0.39, 0.29) is 36.1 Å². The monoisotopic (exact) mass is 408 g/mol. The van der Waals surface area contributed by atoms with Crippen LogP contribution in [0.4, 0.5) is 0 Å². The van der Waals surface area contributed by atoms with Crippen molar-refractivity contribution in [3.05, 3.63) is 35.4 Å². The van der Waals surface area contributed by atoms with Crippen molar-refractivity contribution in [3.63, 3.8) is 0 Å². The number of hydrogen-bond acceptors (Lipinski definition) is 5. The summed E-state index contributed by atoms with van der Waals surface area (Å²) in [6, 6.07) is 8.23. The van der Waals surface area contributed by atoms with E-state index in [1.165, 1.54) is 11.1 Å². The smallest absolute Gasteiger partial charge is 0.237 e. The zero-order chi connectivity index (χ0) is 20.1. The lowest BCUT2D eigenvalue weighted by atomic mass is 10.1. The number of aryl methyl sites for hydroxylation is 1. The Labute approximate surface area is 168 Å². The summed E-state index contributed by atoms with van der Waals surface area (Å²) >= 11 is 0. The molecule has 7 heteroatoms. The molecule has 0 aliphatic carbocycles. The molecule has 2 fully saturated rings. The van der Waals surface area contributed by atoms with Gasteiger partial charge in [-0.05, 0) is 43.9 Å². The van der Waals surface area contributed by atoms with Crippen LogP contribution in [-0.2, 0) is 32.3 Å². The van der Waals surface area contributed by atoms with Crippen LogP contribution in [0.25, 0.3) is 0 Å². The molecule has 28 heavy (non-hydrogen) atoms. The molecule has 0 bridgehead atoms. The van der Waals surface area contributed by atoms with Gasteiger partial charge in [0.25, 0.3) is 0 Å². The number of nitrogens with zero attached hydrogens (tertiary/aromatic N) is 2. The van der Waals surface area contributed by atoms with Crippen molar-refractivity contribution in [1.82, 2.24) is 9.80 Å². The van der Waals surface area contributed by atoms with Gasteiger partial charge in [0.2, 0.25) is 5.91 Å². The van der Waals surface area contributed by atoms with E-state index >= 15 is 0 Å². The van der Waals surface area contributed by atoms with Crippen LogP contribution in [-0.4, -0.2) is 74.5 Å². The second-order valence-corrected chi connectivity index (χ2v) is 10.3. The Morgan fingerprint density at radius 2 is 1.89 bits per heavy atom. The van der Waals surface area contributed by atoms with Crippen molar-refractivity contribution in [2.45, 2.75) is 51.3 Å². The Morgan fingerprint density at radius 1 is 1.18 bits per heavy atom. The lowest BCUT2D eigenvalue weighted by Gasteiger charge is -2.32. The molecule has 2 atom stereocenters. The van der Waals surface area contributed by atoms with Crippen molar-refractivity contribution < 1.29 is 17.9 Å². The van der Waals surface area contributed by atoms with Crippen LogP contribution in [0.2, 0.25) is 0 Å². The van der Waals surface area contributed by atoms with Crippen molar-refractivity contribution in [1.29, 1.82) is 0 Å². The summed E-state index contributed by atoms with van der Waals surface area (Å²) in [5.74, 6) is 0.241. The first-order valence-electron chi connectivity index (χ1n) is 10.2. The molecule has 2 saturated heterocycles. The second-order valence-electron chi connectivity index (χ2n) is 8.08. The number of ether oxygens (including phenoxy) is 1. The average molecular weight is 409 g/mol.